The smallest absolute Gasteiger partial charge is 0.123 e. The molecule has 188 valence electrons. The molecule has 6 rings (SSSR count). The van der Waals surface area contributed by atoms with E-state index in [9.17, 15) is 4.79 Å². The van der Waals surface area contributed by atoms with Crippen molar-refractivity contribution in [2.45, 2.75) is 117 Å². The van der Waals surface area contributed by atoms with Gasteiger partial charge in [-0.3, -0.25) is 0 Å². The molecule has 9 atom stereocenters. The molecule has 0 saturated heterocycles. The minimum Gasteiger partial charge on any atom is -0.325 e. The summed E-state index contributed by atoms with van der Waals surface area (Å²) in [6, 6.07) is 0. The van der Waals surface area contributed by atoms with Crippen molar-refractivity contribution in [1.29, 1.82) is 0 Å². The molecule has 0 aromatic carbocycles. The van der Waals surface area contributed by atoms with Crippen LogP contribution in [0.1, 0.15) is 111 Å². The van der Waals surface area contributed by atoms with E-state index in [0.717, 1.165) is 48.9 Å². The molecule has 2 heteroatoms. The Bertz CT molecular complexity index is 914. The zero-order valence-corrected chi connectivity index (χ0v) is 22.4. The van der Waals surface area contributed by atoms with Gasteiger partial charge >= 0.3 is 0 Å². The van der Waals surface area contributed by atoms with E-state index in [0.29, 0.717) is 10.8 Å². The number of allylic oxidation sites excluding steroid dienone is 4. The first-order valence-corrected chi connectivity index (χ1v) is 14.8. The SMILES string of the molecule is CC1(C)C(C2=CCC(C=O)CC2)=CCC2(C)C1CCC1(C)C3CCC4(N)CCCC4C3CCC12. The zero-order valence-electron chi connectivity index (χ0n) is 22.4. The Morgan fingerprint density at radius 2 is 1.68 bits per heavy atom. The van der Waals surface area contributed by atoms with Crippen molar-refractivity contribution in [3.63, 3.8) is 0 Å². The van der Waals surface area contributed by atoms with Crippen LogP contribution in [0.5, 0.6) is 0 Å². The van der Waals surface area contributed by atoms with E-state index in [1.807, 2.05) is 0 Å². The average molecular weight is 464 g/mol. The van der Waals surface area contributed by atoms with E-state index < -0.39 is 0 Å². The van der Waals surface area contributed by atoms with Crippen molar-refractivity contribution in [1.82, 2.24) is 0 Å². The quantitative estimate of drug-likeness (QED) is 0.428. The molecule has 6 aliphatic rings. The van der Waals surface area contributed by atoms with Crippen molar-refractivity contribution < 1.29 is 4.79 Å². The largest absolute Gasteiger partial charge is 0.325 e. The van der Waals surface area contributed by atoms with Crippen LogP contribution in [0, 0.1) is 51.8 Å². The van der Waals surface area contributed by atoms with E-state index in [2.05, 4.69) is 39.8 Å². The van der Waals surface area contributed by atoms with Crippen molar-refractivity contribution in [3.8, 4) is 0 Å². The summed E-state index contributed by atoms with van der Waals surface area (Å²) in [4.78, 5) is 11.3. The highest BCUT2D eigenvalue weighted by atomic mass is 16.1. The lowest BCUT2D eigenvalue weighted by Gasteiger charge is -2.68. The first kappa shape index (κ1) is 23.5. The molecular weight excluding hydrogens is 414 g/mol. The van der Waals surface area contributed by atoms with Crippen LogP contribution in [0.2, 0.25) is 0 Å². The van der Waals surface area contributed by atoms with Gasteiger partial charge < -0.3 is 10.5 Å². The highest BCUT2D eigenvalue weighted by molar-refractivity contribution is 5.55. The van der Waals surface area contributed by atoms with Gasteiger partial charge in [-0.25, -0.2) is 0 Å². The molecule has 0 aromatic rings. The first-order chi connectivity index (χ1) is 16.1. The highest BCUT2D eigenvalue weighted by Gasteiger charge is 2.65. The van der Waals surface area contributed by atoms with E-state index in [-0.39, 0.29) is 16.9 Å². The van der Waals surface area contributed by atoms with Gasteiger partial charge in [0.1, 0.15) is 6.29 Å². The maximum atomic E-state index is 11.3. The van der Waals surface area contributed by atoms with Gasteiger partial charge in [0.15, 0.2) is 0 Å². The molecule has 0 heterocycles. The normalized spacial score (nSPS) is 51.8. The Labute approximate surface area is 208 Å². The average Bonchev–Trinajstić information content (AvgIpc) is 3.20. The molecule has 0 aliphatic heterocycles. The Morgan fingerprint density at radius 3 is 2.41 bits per heavy atom. The summed E-state index contributed by atoms with van der Waals surface area (Å²) in [5, 5.41) is 0. The number of carbonyl (C=O) groups is 1. The zero-order chi connectivity index (χ0) is 23.9. The van der Waals surface area contributed by atoms with Crippen LogP contribution in [-0.4, -0.2) is 11.8 Å². The second kappa shape index (κ2) is 7.80. The van der Waals surface area contributed by atoms with Gasteiger partial charge in [0, 0.05) is 11.5 Å². The molecule has 2 nitrogen and oxygen atoms in total. The fourth-order valence-corrected chi connectivity index (χ4v) is 11.6. The van der Waals surface area contributed by atoms with E-state index in [1.54, 1.807) is 11.1 Å². The minimum absolute atomic E-state index is 0.173. The van der Waals surface area contributed by atoms with E-state index in [4.69, 9.17) is 5.73 Å². The van der Waals surface area contributed by atoms with Crippen LogP contribution in [0.15, 0.2) is 23.3 Å². The third-order valence-electron chi connectivity index (χ3n) is 13.1. The van der Waals surface area contributed by atoms with Crippen molar-refractivity contribution >= 4 is 6.29 Å². The highest BCUT2D eigenvalue weighted by Crippen LogP contribution is 2.72. The molecule has 2 N–H and O–H groups in total. The summed E-state index contributed by atoms with van der Waals surface area (Å²) >= 11 is 0. The molecule has 0 aromatic heterocycles. The molecule has 0 spiro atoms. The van der Waals surface area contributed by atoms with Crippen LogP contribution in [0.4, 0.5) is 0 Å². The predicted octanol–water partition coefficient (Wildman–Crippen LogP) is 7.62. The molecule has 34 heavy (non-hydrogen) atoms. The standard InChI is InChI=1S/C32H49NO/c1-29(2)24(22-9-7-21(20-34)8-10-22)13-17-31(4)27(29)15-18-30(3)25-14-19-32(33)16-5-6-26(32)23(25)11-12-28(30)31/h9,13,20-21,23,25-28H,5-8,10-12,14-19,33H2,1-4H3. The molecule has 4 saturated carbocycles. The molecule has 0 amide bonds. The van der Waals surface area contributed by atoms with Gasteiger partial charge in [-0.2, -0.15) is 0 Å². The van der Waals surface area contributed by atoms with Crippen LogP contribution >= 0.6 is 0 Å². The van der Waals surface area contributed by atoms with Gasteiger partial charge in [-0.1, -0.05) is 46.3 Å². The second-order valence-corrected chi connectivity index (χ2v) is 14.7. The lowest BCUT2D eigenvalue weighted by atomic mass is 9.37. The molecule has 0 bridgehead atoms. The van der Waals surface area contributed by atoms with Gasteiger partial charge in [0.25, 0.3) is 0 Å². The van der Waals surface area contributed by atoms with Gasteiger partial charge in [0.05, 0.1) is 0 Å². The molecule has 9 unspecified atom stereocenters. The molecule has 6 aliphatic carbocycles. The number of rotatable bonds is 2. The lowest BCUT2D eigenvalue weighted by Crippen LogP contribution is -2.63. The second-order valence-electron chi connectivity index (χ2n) is 14.7. The summed E-state index contributed by atoms with van der Waals surface area (Å²) in [6.45, 7) is 10.5. The summed E-state index contributed by atoms with van der Waals surface area (Å²) < 4.78 is 0. The van der Waals surface area contributed by atoms with E-state index >= 15 is 0 Å². The number of fused-ring (bicyclic) bond motifs is 7. The maximum Gasteiger partial charge on any atom is 0.123 e. The number of carbonyl (C=O) groups excluding carboxylic acids is 1. The minimum atomic E-state index is 0.173. The van der Waals surface area contributed by atoms with Crippen LogP contribution < -0.4 is 5.73 Å². The van der Waals surface area contributed by atoms with Gasteiger partial charge in [-0.05, 0) is 134 Å². The lowest BCUT2D eigenvalue weighted by molar-refractivity contribution is -0.173. The molecule has 4 fully saturated rings. The topological polar surface area (TPSA) is 43.1 Å². The number of hydrogen-bond donors (Lipinski definition) is 1. The first-order valence-electron chi connectivity index (χ1n) is 14.8. The number of hydrogen-bond acceptors (Lipinski definition) is 2. The Kier molecular flexibility index (Phi) is 5.39. The summed E-state index contributed by atoms with van der Waals surface area (Å²) in [7, 11) is 0. The van der Waals surface area contributed by atoms with Crippen LogP contribution in [-0.2, 0) is 4.79 Å². The van der Waals surface area contributed by atoms with Crippen molar-refractivity contribution in [2.75, 3.05) is 0 Å². The number of nitrogens with two attached hydrogens (primary N) is 1. The Morgan fingerprint density at radius 1 is 0.853 bits per heavy atom. The molecular formula is C32H49NO. The fraction of sp³-hybridized carbons (Fsp3) is 0.844. The fourth-order valence-electron chi connectivity index (χ4n) is 11.6. The summed E-state index contributed by atoms with van der Waals surface area (Å²) in [6.07, 6.45) is 23.0. The van der Waals surface area contributed by atoms with Crippen molar-refractivity contribution in [3.05, 3.63) is 23.3 Å². The monoisotopic (exact) mass is 463 g/mol. The van der Waals surface area contributed by atoms with Crippen LogP contribution in [0.25, 0.3) is 0 Å². The Hall–Kier alpha value is -0.890. The molecule has 0 radical (unpaired) electrons. The maximum absolute atomic E-state index is 11.3. The third-order valence-corrected chi connectivity index (χ3v) is 13.1. The van der Waals surface area contributed by atoms with Crippen molar-refractivity contribution in [2.24, 2.45) is 57.5 Å². The predicted molar refractivity (Wildman–Crippen MR) is 140 cm³/mol. The summed E-state index contributed by atoms with van der Waals surface area (Å²) in [5.41, 5.74) is 11.5. The summed E-state index contributed by atoms with van der Waals surface area (Å²) in [5.74, 6) is 4.46. The van der Waals surface area contributed by atoms with E-state index in [1.165, 1.54) is 70.5 Å². The van der Waals surface area contributed by atoms with Gasteiger partial charge in [0.2, 0.25) is 0 Å². The van der Waals surface area contributed by atoms with Gasteiger partial charge in [-0.15, -0.1) is 0 Å². The Balaban J connectivity index is 1.31. The third kappa shape index (κ3) is 3.12. The van der Waals surface area contributed by atoms with Crippen LogP contribution in [0.3, 0.4) is 0 Å². The number of aldehydes is 1.